The van der Waals surface area contributed by atoms with Crippen LogP contribution in [-0.2, 0) is 27.8 Å². The average molecular weight is 484 g/mol. The van der Waals surface area contributed by atoms with E-state index in [1.54, 1.807) is 17.4 Å². The van der Waals surface area contributed by atoms with E-state index >= 15 is 0 Å². The lowest BCUT2D eigenvalue weighted by atomic mass is 10.2. The Morgan fingerprint density at radius 2 is 2.00 bits per heavy atom. The molecule has 2 heterocycles. The number of hydrogen-bond donors (Lipinski definition) is 1. The molecule has 1 aliphatic heterocycles. The second-order valence-corrected chi connectivity index (χ2v) is 10.7. The number of thiazole rings is 1. The number of sulfonamides is 1. The minimum absolute atomic E-state index is 0.0332. The number of anilines is 1. The van der Waals surface area contributed by atoms with E-state index < -0.39 is 10.0 Å². The molecule has 172 valence electrons. The molecule has 33 heavy (non-hydrogen) atoms. The van der Waals surface area contributed by atoms with Gasteiger partial charge in [-0.05, 0) is 37.1 Å². The molecule has 0 saturated heterocycles. The molecule has 0 saturated carbocycles. The number of nitrogens with zero attached hydrogens (tertiary/aromatic N) is 2. The van der Waals surface area contributed by atoms with Gasteiger partial charge in [-0.25, -0.2) is 13.4 Å². The Morgan fingerprint density at radius 1 is 1.21 bits per heavy atom. The molecule has 1 aliphatic rings. The fourth-order valence-corrected chi connectivity index (χ4v) is 5.64. The lowest BCUT2D eigenvalue weighted by Gasteiger charge is -2.19. The predicted molar refractivity (Wildman–Crippen MR) is 131 cm³/mol. The van der Waals surface area contributed by atoms with Crippen LogP contribution >= 0.6 is 11.3 Å². The summed E-state index contributed by atoms with van der Waals surface area (Å²) in [7, 11) is -3.51. The summed E-state index contributed by atoms with van der Waals surface area (Å²) in [4.78, 5) is 16.6. The van der Waals surface area contributed by atoms with Crippen LogP contribution in [0.5, 0.6) is 5.75 Å². The number of rotatable bonds is 9. The molecule has 0 bridgehead atoms. The molecular weight excluding hydrogens is 458 g/mol. The maximum atomic E-state index is 12.7. The molecule has 1 N–H and O–H groups in total. The van der Waals surface area contributed by atoms with E-state index in [1.165, 1.54) is 10.4 Å². The van der Waals surface area contributed by atoms with Gasteiger partial charge in [-0.2, -0.15) is 0 Å². The summed E-state index contributed by atoms with van der Waals surface area (Å²) >= 11 is 1.57. The van der Waals surface area contributed by atoms with Crippen molar-refractivity contribution in [2.45, 2.75) is 20.0 Å². The van der Waals surface area contributed by atoms with E-state index in [2.05, 4.69) is 10.3 Å². The van der Waals surface area contributed by atoms with Crippen molar-refractivity contribution >= 4 is 39.0 Å². The van der Waals surface area contributed by atoms with Crippen molar-refractivity contribution in [1.29, 1.82) is 0 Å². The van der Waals surface area contributed by atoms with Crippen LogP contribution < -0.4 is 14.4 Å². The quantitative estimate of drug-likeness (QED) is 0.470. The second-order valence-electron chi connectivity index (χ2n) is 7.58. The Kier molecular flexibility index (Phi) is 7.10. The van der Waals surface area contributed by atoms with Gasteiger partial charge in [-0.3, -0.25) is 9.10 Å². The van der Waals surface area contributed by atoms with Crippen molar-refractivity contribution in [3.63, 3.8) is 0 Å². The summed E-state index contributed by atoms with van der Waals surface area (Å²) in [5.41, 5.74) is 3.36. The van der Waals surface area contributed by atoms with Gasteiger partial charge in [0.2, 0.25) is 15.9 Å². The van der Waals surface area contributed by atoms with Crippen molar-refractivity contribution in [2.75, 3.05) is 23.1 Å². The van der Waals surface area contributed by atoms with Crippen LogP contribution in [-0.4, -0.2) is 38.2 Å². The highest BCUT2D eigenvalue weighted by molar-refractivity contribution is 7.92. The highest BCUT2D eigenvalue weighted by atomic mass is 32.2. The lowest BCUT2D eigenvalue weighted by Crippen LogP contribution is -2.36. The third-order valence-corrected chi connectivity index (χ3v) is 7.81. The Hall–Kier alpha value is -3.17. The van der Waals surface area contributed by atoms with Gasteiger partial charge in [-0.1, -0.05) is 36.4 Å². The molecule has 4 rings (SSSR count). The summed E-state index contributed by atoms with van der Waals surface area (Å²) in [6.07, 6.45) is 3.74. The maximum Gasteiger partial charge on any atom is 0.244 e. The molecular formula is C24H25N3O4S2. The first-order valence-corrected chi connectivity index (χ1v) is 13.1. The summed E-state index contributed by atoms with van der Waals surface area (Å²) in [5.74, 6) is 0.118. The van der Waals surface area contributed by atoms with E-state index in [4.69, 9.17) is 4.74 Å². The number of nitrogens with one attached hydrogen (secondary N) is 1. The zero-order valence-corrected chi connectivity index (χ0v) is 19.9. The minimum atomic E-state index is -3.51. The van der Waals surface area contributed by atoms with E-state index in [1.807, 2.05) is 60.8 Å². The minimum Gasteiger partial charge on any atom is -0.487 e. The normalized spacial score (nSPS) is 13.3. The summed E-state index contributed by atoms with van der Waals surface area (Å²) in [6.45, 7) is 2.76. The first-order chi connectivity index (χ1) is 15.9. The summed E-state index contributed by atoms with van der Waals surface area (Å²) in [5, 5.41) is 5.59. The zero-order valence-electron chi connectivity index (χ0n) is 18.2. The van der Waals surface area contributed by atoms with Gasteiger partial charge in [0.15, 0.2) is 0 Å². The van der Waals surface area contributed by atoms with Crippen LogP contribution in [0.3, 0.4) is 0 Å². The van der Waals surface area contributed by atoms with E-state index in [9.17, 15) is 13.2 Å². The molecule has 1 aromatic heterocycles. The van der Waals surface area contributed by atoms with E-state index in [0.29, 0.717) is 25.3 Å². The van der Waals surface area contributed by atoms with Crippen LogP contribution in [0, 0.1) is 6.92 Å². The fraction of sp³-hybridized carbons (Fsp3) is 0.250. The van der Waals surface area contributed by atoms with Crippen molar-refractivity contribution in [1.82, 2.24) is 10.3 Å². The molecule has 3 aromatic rings. The van der Waals surface area contributed by atoms with Gasteiger partial charge in [0, 0.05) is 30.1 Å². The molecule has 0 spiro atoms. The zero-order chi connectivity index (χ0) is 23.3. The molecule has 0 radical (unpaired) electrons. The van der Waals surface area contributed by atoms with Gasteiger partial charge in [0.25, 0.3) is 0 Å². The fourth-order valence-electron chi connectivity index (χ4n) is 3.61. The Morgan fingerprint density at radius 3 is 2.82 bits per heavy atom. The van der Waals surface area contributed by atoms with E-state index in [-0.39, 0.29) is 18.2 Å². The van der Waals surface area contributed by atoms with Crippen LogP contribution in [0.15, 0.2) is 60.0 Å². The number of carbonyl (C=O) groups is 1. The third kappa shape index (κ3) is 5.80. The number of aromatic nitrogens is 1. The largest absolute Gasteiger partial charge is 0.487 e. The second kappa shape index (κ2) is 10.2. The van der Waals surface area contributed by atoms with E-state index in [0.717, 1.165) is 27.5 Å². The standard InChI is InChI=1S/C24H25N3O4S2/c1-18-26-21(17-32-18)16-31-23-9-5-3-7-20(23)10-11-24(28)25-13-15-33(29,30)27-14-12-19-6-2-4-8-22(19)27/h2-11,17H,12-16H2,1H3,(H,25,28). The van der Waals surface area contributed by atoms with Crippen molar-refractivity contribution in [3.05, 3.63) is 81.8 Å². The van der Waals surface area contributed by atoms with Gasteiger partial charge < -0.3 is 10.1 Å². The highest BCUT2D eigenvalue weighted by Crippen LogP contribution is 2.29. The third-order valence-electron chi connectivity index (χ3n) is 5.21. The topological polar surface area (TPSA) is 88.6 Å². The molecule has 2 aromatic carbocycles. The number of aryl methyl sites for hydroxylation is 1. The van der Waals surface area contributed by atoms with Crippen molar-refractivity contribution in [3.8, 4) is 5.75 Å². The number of hydrogen-bond acceptors (Lipinski definition) is 6. The lowest BCUT2D eigenvalue weighted by molar-refractivity contribution is -0.116. The number of fused-ring (bicyclic) bond motifs is 1. The number of ether oxygens (including phenoxy) is 1. The molecule has 1 amide bonds. The Bertz CT molecular complexity index is 1270. The number of para-hydroxylation sites is 2. The Balaban J connectivity index is 1.30. The summed E-state index contributed by atoms with van der Waals surface area (Å²) in [6, 6.07) is 14.9. The predicted octanol–water partition coefficient (Wildman–Crippen LogP) is 3.55. The first kappa shape index (κ1) is 23.0. The average Bonchev–Trinajstić information content (AvgIpc) is 3.43. The van der Waals surface area contributed by atoms with Crippen LogP contribution in [0.1, 0.15) is 21.8 Å². The van der Waals surface area contributed by atoms with Crippen LogP contribution in [0.2, 0.25) is 0 Å². The molecule has 0 aliphatic carbocycles. The van der Waals surface area contributed by atoms with Crippen molar-refractivity contribution < 1.29 is 17.9 Å². The number of carbonyl (C=O) groups excluding carboxylic acids is 1. The van der Waals surface area contributed by atoms with Gasteiger partial charge >= 0.3 is 0 Å². The van der Waals surface area contributed by atoms with Gasteiger partial charge in [0.05, 0.1) is 22.1 Å². The molecule has 0 fully saturated rings. The van der Waals surface area contributed by atoms with Crippen LogP contribution in [0.25, 0.3) is 6.08 Å². The smallest absolute Gasteiger partial charge is 0.244 e. The first-order valence-electron chi connectivity index (χ1n) is 10.6. The Labute approximate surface area is 197 Å². The van der Waals surface area contributed by atoms with Crippen LogP contribution in [0.4, 0.5) is 5.69 Å². The number of benzene rings is 2. The SMILES string of the molecule is Cc1nc(COc2ccccc2C=CC(=O)NCCS(=O)(=O)N2CCc3ccccc32)cs1. The van der Waals surface area contributed by atoms with Crippen molar-refractivity contribution in [2.24, 2.45) is 0 Å². The number of amides is 1. The maximum absolute atomic E-state index is 12.7. The molecule has 0 atom stereocenters. The molecule has 0 unspecified atom stereocenters. The molecule has 7 nitrogen and oxygen atoms in total. The highest BCUT2D eigenvalue weighted by Gasteiger charge is 2.28. The molecule has 9 heteroatoms. The van der Waals surface area contributed by atoms with Gasteiger partial charge in [-0.15, -0.1) is 11.3 Å². The van der Waals surface area contributed by atoms with Gasteiger partial charge in [0.1, 0.15) is 12.4 Å². The monoisotopic (exact) mass is 483 g/mol. The summed E-state index contributed by atoms with van der Waals surface area (Å²) < 4.78 is 32.7.